The minimum Gasteiger partial charge on any atom is -0.540 e. The zero-order valence-electron chi connectivity index (χ0n) is 19.9. The van der Waals surface area contributed by atoms with Gasteiger partial charge in [-0.15, -0.1) is 0 Å². The Morgan fingerprint density at radius 1 is 1.09 bits per heavy atom. The molecule has 0 radical (unpaired) electrons. The largest absolute Gasteiger partial charge is 0.540 e. The molecular weight excluding hydrogens is 526 g/mol. The van der Waals surface area contributed by atoms with Crippen LogP contribution in [0.4, 0.5) is 5.82 Å². The van der Waals surface area contributed by atoms with Crippen LogP contribution < -0.4 is 8.73 Å². The fraction of sp³-hybridized carbons (Fsp3) is 0.591. The predicted octanol–water partition coefficient (Wildman–Crippen LogP) is 5.57. The number of fused-ring (bicyclic) bond motifs is 1. The van der Waals surface area contributed by atoms with Gasteiger partial charge in [-0.25, -0.2) is 23.2 Å². The maximum atomic E-state index is 12.8. The molecule has 0 bridgehead atoms. The van der Waals surface area contributed by atoms with E-state index in [1.165, 1.54) is 4.31 Å². The maximum Gasteiger partial charge on any atom is 0.358 e. The number of aromatic nitrogens is 2. The van der Waals surface area contributed by atoms with Gasteiger partial charge < -0.3 is 9.53 Å². The smallest absolute Gasteiger partial charge is 0.358 e. The molecule has 1 fully saturated rings. The Labute approximate surface area is 205 Å². The molecule has 0 atom stereocenters. The van der Waals surface area contributed by atoms with E-state index < -0.39 is 24.3 Å². The van der Waals surface area contributed by atoms with E-state index in [2.05, 4.69) is 67.4 Å². The Morgan fingerprint density at radius 2 is 1.70 bits per heavy atom. The van der Waals surface area contributed by atoms with Crippen molar-refractivity contribution in [3.8, 4) is 5.75 Å². The quantitative estimate of drug-likeness (QED) is 0.349. The molecule has 3 rings (SSSR count). The van der Waals surface area contributed by atoms with Crippen LogP contribution in [0.5, 0.6) is 5.75 Å². The first-order chi connectivity index (χ1) is 15.3. The van der Waals surface area contributed by atoms with Crippen LogP contribution in [-0.2, 0) is 10.0 Å². The molecule has 182 valence electrons. The van der Waals surface area contributed by atoms with Gasteiger partial charge in [0.25, 0.3) is 8.32 Å². The highest BCUT2D eigenvalue weighted by molar-refractivity contribution is 9.10. The molecule has 1 N–H and O–H groups in total. The Morgan fingerprint density at radius 3 is 2.21 bits per heavy atom. The van der Waals surface area contributed by atoms with Crippen LogP contribution in [0.1, 0.15) is 64.9 Å². The Balaban J connectivity index is 2.38. The lowest BCUT2D eigenvalue weighted by molar-refractivity contribution is 0.0688. The average Bonchev–Trinajstić information content (AvgIpc) is 2.70. The van der Waals surface area contributed by atoms with E-state index in [0.717, 1.165) is 0 Å². The normalized spacial score (nSPS) is 16.7. The van der Waals surface area contributed by atoms with E-state index in [1.54, 1.807) is 12.1 Å². The van der Waals surface area contributed by atoms with Gasteiger partial charge in [0, 0.05) is 11.9 Å². The van der Waals surface area contributed by atoms with Gasteiger partial charge in [0.1, 0.15) is 10.1 Å². The summed E-state index contributed by atoms with van der Waals surface area (Å²) in [4.78, 5) is 21.4. The number of pyridine rings is 2. The van der Waals surface area contributed by atoms with Crippen LogP contribution in [0.15, 0.2) is 16.7 Å². The van der Waals surface area contributed by atoms with Gasteiger partial charge in [-0.2, -0.15) is 0 Å². The number of carboxylic acid groups (broad SMARTS) is 1. The van der Waals surface area contributed by atoms with Gasteiger partial charge in [0.2, 0.25) is 10.0 Å². The molecule has 0 amide bonds. The van der Waals surface area contributed by atoms with Gasteiger partial charge in [-0.05, 0) is 57.5 Å². The van der Waals surface area contributed by atoms with Crippen molar-refractivity contribution in [3.05, 3.63) is 22.4 Å². The maximum absolute atomic E-state index is 12.8. The molecule has 2 aromatic heterocycles. The summed E-state index contributed by atoms with van der Waals surface area (Å²) in [5.41, 5.74) is 0.601. The van der Waals surface area contributed by atoms with Gasteiger partial charge in [-0.3, -0.25) is 4.31 Å². The number of rotatable bonds is 7. The standard InChI is InChI=1S/C22H32BrN3O5SSi/c1-13(2)33(14(3)4,15(5)6)31-20-18-16(9-10-17(23)24-18)21(25-19(20)22(27)28)26-11-7-8-12-32(26,29)30/h9-10,13-15H,7-8,11-12H2,1-6H3,(H,27,28). The summed E-state index contributed by atoms with van der Waals surface area (Å²) in [5.74, 6) is -1.05. The highest BCUT2D eigenvalue weighted by Gasteiger charge is 2.48. The molecule has 33 heavy (non-hydrogen) atoms. The number of anilines is 1. The van der Waals surface area contributed by atoms with Crippen molar-refractivity contribution >= 4 is 57.0 Å². The fourth-order valence-electron chi connectivity index (χ4n) is 5.11. The van der Waals surface area contributed by atoms with Crippen molar-refractivity contribution in [2.24, 2.45) is 0 Å². The number of carboxylic acids is 1. The summed E-state index contributed by atoms with van der Waals surface area (Å²) in [6.07, 6.45) is 1.25. The highest BCUT2D eigenvalue weighted by atomic mass is 79.9. The predicted molar refractivity (Wildman–Crippen MR) is 136 cm³/mol. The third-order valence-corrected chi connectivity index (χ3v) is 14.8. The summed E-state index contributed by atoms with van der Waals surface area (Å²) in [5, 5.41) is 10.6. The van der Waals surface area contributed by atoms with Gasteiger partial charge in [-0.1, -0.05) is 41.5 Å². The average molecular weight is 559 g/mol. The molecule has 11 heteroatoms. The number of nitrogens with zero attached hydrogens (tertiary/aromatic N) is 3. The van der Waals surface area contributed by atoms with Crippen LogP contribution >= 0.6 is 15.9 Å². The number of halogens is 1. The topological polar surface area (TPSA) is 110 Å². The monoisotopic (exact) mass is 557 g/mol. The molecule has 1 saturated heterocycles. The van der Waals surface area contributed by atoms with Crippen LogP contribution in [0, 0.1) is 0 Å². The molecular formula is C22H32BrN3O5SSi. The summed E-state index contributed by atoms with van der Waals surface area (Å²) < 4.78 is 34.2. The van der Waals surface area contributed by atoms with E-state index in [-0.39, 0.29) is 46.2 Å². The second-order valence-electron chi connectivity index (χ2n) is 9.46. The van der Waals surface area contributed by atoms with Crippen LogP contribution in [-0.4, -0.2) is 50.1 Å². The second kappa shape index (κ2) is 9.50. The van der Waals surface area contributed by atoms with Gasteiger partial charge in [0.05, 0.1) is 5.75 Å². The first kappa shape index (κ1) is 25.9. The molecule has 1 aliphatic rings. The van der Waals surface area contributed by atoms with E-state index in [4.69, 9.17) is 4.43 Å². The fourth-order valence-corrected chi connectivity index (χ4v) is 12.3. The van der Waals surface area contributed by atoms with Gasteiger partial charge in [0.15, 0.2) is 17.3 Å². The Hall–Kier alpha value is -1.72. The first-order valence-corrected chi connectivity index (χ1v) is 15.8. The molecule has 3 heterocycles. The highest BCUT2D eigenvalue weighted by Crippen LogP contribution is 2.46. The van der Waals surface area contributed by atoms with Crippen molar-refractivity contribution in [3.63, 3.8) is 0 Å². The summed E-state index contributed by atoms with van der Waals surface area (Å²) in [7, 11) is -6.16. The molecule has 1 aliphatic heterocycles. The zero-order chi connectivity index (χ0) is 24.7. The minimum absolute atomic E-state index is 0.00482. The molecule has 2 aromatic rings. The lowest BCUT2D eigenvalue weighted by Crippen LogP contribution is -2.51. The van der Waals surface area contributed by atoms with Crippen LogP contribution in [0.2, 0.25) is 16.6 Å². The van der Waals surface area contributed by atoms with E-state index in [1.807, 2.05) is 0 Å². The van der Waals surface area contributed by atoms with Crippen molar-refractivity contribution < 1.29 is 22.7 Å². The number of hydrogen-bond donors (Lipinski definition) is 1. The van der Waals surface area contributed by atoms with Gasteiger partial charge >= 0.3 is 5.97 Å². The zero-order valence-corrected chi connectivity index (χ0v) is 23.3. The van der Waals surface area contributed by atoms with Crippen molar-refractivity contribution in [1.29, 1.82) is 0 Å². The summed E-state index contributed by atoms with van der Waals surface area (Å²) >= 11 is 3.38. The third kappa shape index (κ3) is 4.63. The van der Waals surface area contributed by atoms with E-state index in [0.29, 0.717) is 28.3 Å². The second-order valence-corrected chi connectivity index (χ2v) is 17.7. The number of aromatic carboxylic acids is 1. The lowest BCUT2D eigenvalue weighted by Gasteiger charge is -2.42. The SMILES string of the molecule is CC(C)[Si](Oc1c(C(=O)O)nc(N2CCCCS2(=O)=O)c2ccc(Br)nc12)(C(C)C)C(C)C. The van der Waals surface area contributed by atoms with Crippen molar-refractivity contribution in [1.82, 2.24) is 9.97 Å². The first-order valence-electron chi connectivity index (χ1n) is 11.3. The third-order valence-electron chi connectivity index (χ3n) is 6.52. The minimum atomic E-state index is -3.60. The lowest BCUT2D eigenvalue weighted by atomic mass is 10.2. The molecule has 0 unspecified atom stereocenters. The Kier molecular flexibility index (Phi) is 7.45. The van der Waals surface area contributed by atoms with E-state index >= 15 is 0 Å². The number of hydrogen-bond acceptors (Lipinski definition) is 6. The Bertz CT molecular complexity index is 1150. The van der Waals surface area contributed by atoms with E-state index in [9.17, 15) is 18.3 Å². The van der Waals surface area contributed by atoms with Crippen molar-refractivity contribution in [2.45, 2.75) is 71.0 Å². The van der Waals surface area contributed by atoms with Crippen LogP contribution in [0.3, 0.4) is 0 Å². The summed E-state index contributed by atoms with van der Waals surface area (Å²) in [6, 6.07) is 3.42. The molecule has 0 spiro atoms. The van der Waals surface area contributed by atoms with Crippen molar-refractivity contribution in [2.75, 3.05) is 16.6 Å². The van der Waals surface area contributed by atoms with Crippen LogP contribution in [0.25, 0.3) is 10.9 Å². The molecule has 8 nitrogen and oxygen atoms in total. The molecule has 0 saturated carbocycles. The molecule has 0 aromatic carbocycles. The number of carbonyl (C=O) groups is 1. The molecule has 0 aliphatic carbocycles. The summed E-state index contributed by atoms with van der Waals surface area (Å²) in [6.45, 7) is 12.9. The number of sulfonamides is 1.